The van der Waals surface area contributed by atoms with Crippen LogP contribution >= 0.6 is 0 Å². The van der Waals surface area contributed by atoms with Crippen LogP contribution in [0.4, 0.5) is 4.39 Å². The maximum absolute atomic E-state index is 13.3. The van der Waals surface area contributed by atoms with Gasteiger partial charge in [-0.3, -0.25) is 9.48 Å². The van der Waals surface area contributed by atoms with Crippen LogP contribution in [0.3, 0.4) is 0 Å². The number of carbonyl (C=O) groups excluding carboxylic acids is 1. The molecule has 3 rings (SSSR count). The van der Waals surface area contributed by atoms with Crippen LogP contribution in [0, 0.1) is 12.7 Å². The number of hydrogen-bond donors (Lipinski definition) is 2. The number of carbonyl (C=O) groups is 1. The monoisotopic (exact) mass is 346 g/mol. The van der Waals surface area contributed by atoms with Crippen molar-refractivity contribution >= 4 is 5.91 Å². The molecule has 1 amide bonds. The lowest BCUT2D eigenvalue weighted by Gasteiger charge is -2.26. The van der Waals surface area contributed by atoms with Gasteiger partial charge >= 0.3 is 0 Å². The molecule has 2 N–H and O–H groups in total. The molecule has 0 unspecified atom stereocenters. The zero-order chi connectivity index (χ0) is 18.1. The second-order valence-electron chi connectivity index (χ2n) is 6.55. The third kappa shape index (κ3) is 3.43. The molecule has 0 bridgehead atoms. The molecule has 0 saturated carbocycles. The molecule has 0 spiro atoms. The summed E-state index contributed by atoms with van der Waals surface area (Å²) >= 11 is 0. The standard InChI is InChI=1S/C18H23FN4O2/c1-11-14(9-21-23(11)3)18-15(8-17(25)22(18)2)20-10-16(24)12-5-4-6-13(19)7-12/h4-7,9,15-16,18,20,24H,8,10H2,1-3H3/t15-,16-,18+/m1/s1. The van der Waals surface area contributed by atoms with Gasteiger partial charge in [0.05, 0.1) is 18.3 Å². The van der Waals surface area contributed by atoms with Crippen LogP contribution in [-0.2, 0) is 11.8 Å². The van der Waals surface area contributed by atoms with Crippen molar-refractivity contribution in [1.82, 2.24) is 20.0 Å². The summed E-state index contributed by atoms with van der Waals surface area (Å²) in [5.74, 6) is -0.331. The number of hydrogen-bond acceptors (Lipinski definition) is 4. The number of aromatic nitrogens is 2. The van der Waals surface area contributed by atoms with Crippen LogP contribution in [0.25, 0.3) is 0 Å². The summed E-state index contributed by atoms with van der Waals surface area (Å²) in [5.41, 5.74) is 2.51. The molecule has 0 aliphatic carbocycles. The van der Waals surface area contributed by atoms with Crippen molar-refractivity contribution in [2.45, 2.75) is 31.5 Å². The maximum Gasteiger partial charge on any atom is 0.224 e. The fraction of sp³-hybridized carbons (Fsp3) is 0.444. The number of benzene rings is 1. The number of nitrogens with one attached hydrogen (secondary N) is 1. The Kier molecular flexibility index (Phi) is 4.87. The van der Waals surface area contributed by atoms with Gasteiger partial charge in [-0.05, 0) is 24.6 Å². The van der Waals surface area contributed by atoms with Crippen LogP contribution in [0.2, 0.25) is 0 Å². The highest BCUT2D eigenvalue weighted by Gasteiger charge is 2.40. The van der Waals surface area contributed by atoms with Crippen molar-refractivity contribution in [3.63, 3.8) is 0 Å². The van der Waals surface area contributed by atoms with Gasteiger partial charge in [-0.25, -0.2) is 4.39 Å². The summed E-state index contributed by atoms with van der Waals surface area (Å²) in [6.45, 7) is 2.21. The van der Waals surface area contributed by atoms with E-state index < -0.39 is 6.10 Å². The Morgan fingerprint density at radius 2 is 2.20 bits per heavy atom. The number of likely N-dealkylation sites (N-methyl/N-ethyl adjacent to an activating group) is 1. The largest absolute Gasteiger partial charge is 0.387 e. The molecule has 0 radical (unpaired) electrons. The topological polar surface area (TPSA) is 70.4 Å². The number of amides is 1. The lowest BCUT2D eigenvalue weighted by molar-refractivity contribution is -0.127. The quantitative estimate of drug-likeness (QED) is 0.860. The highest BCUT2D eigenvalue weighted by atomic mass is 19.1. The van der Waals surface area contributed by atoms with Gasteiger partial charge in [0, 0.05) is 44.4 Å². The lowest BCUT2D eigenvalue weighted by Crippen LogP contribution is -2.37. The molecule has 7 heteroatoms. The third-order valence-corrected chi connectivity index (χ3v) is 4.99. The molecule has 1 aromatic carbocycles. The van der Waals surface area contributed by atoms with E-state index in [-0.39, 0.29) is 30.4 Å². The van der Waals surface area contributed by atoms with E-state index in [1.54, 1.807) is 35.0 Å². The molecule has 1 aromatic heterocycles. The van der Waals surface area contributed by atoms with Crippen LogP contribution in [0.5, 0.6) is 0 Å². The highest BCUT2D eigenvalue weighted by Crippen LogP contribution is 2.33. The first-order valence-corrected chi connectivity index (χ1v) is 8.29. The van der Waals surface area contributed by atoms with E-state index in [0.717, 1.165) is 11.3 Å². The summed E-state index contributed by atoms with van der Waals surface area (Å²) in [6, 6.07) is 5.65. The number of aliphatic hydroxyl groups is 1. The van der Waals surface area contributed by atoms with E-state index in [2.05, 4.69) is 10.4 Å². The van der Waals surface area contributed by atoms with Crippen LogP contribution in [-0.4, -0.2) is 45.3 Å². The molecular weight excluding hydrogens is 323 g/mol. The first kappa shape index (κ1) is 17.6. The van der Waals surface area contributed by atoms with E-state index >= 15 is 0 Å². The van der Waals surface area contributed by atoms with Gasteiger partial charge in [-0.1, -0.05) is 12.1 Å². The van der Waals surface area contributed by atoms with Crippen molar-refractivity contribution in [3.05, 3.63) is 53.1 Å². The molecule has 25 heavy (non-hydrogen) atoms. The summed E-state index contributed by atoms with van der Waals surface area (Å²) in [7, 11) is 3.65. The van der Waals surface area contributed by atoms with Crippen molar-refractivity contribution in [3.8, 4) is 0 Å². The molecule has 134 valence electrons. The Morgan fingerprint density at radius 3 is 2.84 bits per heavy atom. The van der Waals surface area contributed by atoms with Gasteiger partial charge in [0.15, 0.2) is 0 Å². The Balaban J connectivity index is 1.74. The summed E-state index contributed by atoms with van der Waals surface area (Å²) < 4.78 is 15.1. The SMILES string of the molecule is Cc1c([C@H]2[C@H](NC[C@@H](O)c3cccc(F)c3)CC(=O)N2C)cnn1C. The van der Waals surface area contributed by atoms with Gasteiger partial charge in [0.1, 0.15) is 5.82 Å². The van der Waals surface area contributed by atoms with Crippen LogP contribution in [0.1, 0.15) is 35.4 Å². The van der Waals surface area contributed by atoms with E-state index in [1.165, 1.54) is 12.1 Å². The second-order valence-corrected chi connectivity index (χ2v) is 6.55. The van der Waals surface area contributed by atoms with Crippen molar-refractivity contribution in [2.24, 2.45) is 7.05 Å². The smallest absolute Gasteiger partial charge is 0.224 e. The van der Waals surface area contributed by atoms with Gasteiger partial charge in [-0.2, -0.15) is 5.10 Å². The molecule has 6 nitrogen and oxygen atoms in total. The molecule has 2 aromatic rings. The molecule has 1 fully saturated rings. The number of aryl methyl sites for hydroxylation is 1. The maximum atomic E-state index is 13.3. The van der Waals surface area contributed by atoms with Gasteiger partial charge in [0.2, 0.25) is 5.91 Å². The van der Waals surface area contributed by atoms with Gasteiger partial charge < -0.3 is 15.3 Å². The van der Waals surface area contributed by atoms with E-state index in [0.29, 0.717) is 12.0 Å². The number of halogens is 1. The van der Waals surface area contributed by atoms with Crippen molar-refractivity contribution in [1.29, 1.82) is 0 Å². The Bertz CT molecular complexity index is 776. The van der Waals surface area contributed by atoms with Crippen LogP contribution in [0.15, 0.2) is 30.5 Å². The molecule has 1 aliphatic heterocycles. The predicted octanol–water partition coefficient (Wildman–Crippen LogP) is 1.46. The average molecular weight is 346 g/mol. The fourth-order valence-corrected chi connectivity index (χ4v) is 3.38. The highest BCUT2D eigenvalue weighted by molar-refractivity contribution is 5.80. The van der Waals surface area contributed by atoms with Crippen molar-refractivity contribution in [2.75, 3.05) is 13.6 Å². The normalized spacial score (nSPS) is 21.8. The molecule has 2 heterocycles. The van der Waals surface area contributed by atoms with Gasteiger partial charge in [0.25, 0.3) is 0 Å². The third-order valence-electron chi connectivity index (χ3n) is 4.99. The summed E-state index contributed by atoms with van der Waals surface area (Å²) in [6.07, 6.45) is 1.30. The second kappa shape index (κ2) is 6.93. The molecule has 1 aliphatic rings. The van der Waals surface area contributed by atoms with Gasteiger partial charge in [-0.15, -0.1) is 0 Å². The summed E-state index contributed by atoms with van der Waals surface area (Å²) in [5, 5.41) is 17.8. The molecule has 3 atom stereocenters. The molecular formula is C18H23FN4O2. The first-order chi connectivity index (χ1) is 11.9. The lowest BCUT2D eigenvalue weighted by atomic mass is 10.0. The van der Waals surface area contributed by atoms with Crippen molar-refractivity contribution < 1.29 is 14.3 Å². The van der Waals surface area contributed by atoms with E-state index in [9.17, 15) is 14.3 Å². The molecule has 1 saturated heterocycles. The minimum Gasteiger partial charge on any atom is -0.387 e. The number of nitrogens with zero attached hydrogens (tertiary/aromatic N) is 3. The fourth-order valence-electron chi connectivity index (χ4n) is 3.38. The zero-order valence-electron chi connectivity index (χ0n) is 14.6. The number of rotatable bonds is 5. The first-order valence-electron chi connectivity index (χ1n) is 8.29. The van der Waals surface area contributed by atoms with Crippen LogP contribution < -0.4 is 5.32 Å². The van der Waals surface area contributed by atoms with E-state index in [1.807, 2.05) is 14.0 Å². The zero-order valence-corrected chi connectivity index (χ0v) is 14.6. The van der Waals surface area contributed by atoms with E-state index in [4.69, 9.17) is 0 Å². The number of aliphatic hydroxyl groups excluding tert-OH is 1. The average Bonchev–Trinajstić information content (AvgIpc) is 3.05. The number of likely N-dealkylation sites (tertiary alicyclic amines) is 1. The summed E-state index contributed by atoms with van der Waals surface area (Å²) in [4.78, 5) is 13.9. The Morgan fingerprint density at radius 1 is 1.44 bits per heavy atom. The Hall–Kier alpha value is -2.25. The minimum absolute atomic E-state index is 0.0472. The predicted molar refractivity (Wildman–Crippen MR) is 91.2 cm³/mol. The minimum atomic E-state index is -0.840. The Labute approximate surface area is 146 Å².